The molecular weight excluding hydrogens is 310 g/mol. The Hall–Kier alpha value is -3.32. The van der Waals surface area contributed by atoms with Gasteiger partial charge in [-0.3, -0.25) is 4.79 Å². The number of amides is 1. The Morgan fingerprint density at radius 3 is 2.92 bits per heavy atom. The van der Waals surface area contributed by atoms with E-state index in [1.165, 1.54) is 11.6 Å². The SMILES string of the molecule is C=CC(=O)Nc1cnc2c(c1)c(C#CCCc1ccccc1)cn2C. The van der Waals surface area contributed by atoms with Crippen LogP contribution in [0, 0.1) is 11.8 Å². The number of fused-ring (bicyclic) bond motifs is 1. The Kier molecular flexibility index (Phi) is 4.96. The number of nitrogens with one attached hydrogen (secondary N) is 1. The van der Waals surface area contributed by atoms with Crippen LogP contribution in [0.5, 0.6) is 0 Å². The fraction of sp³-hybridized carbons (Fsp3) is 0.143. The molecule has 0 aliphatic heterocycles. The normalized spacial score (nSPS) is 10.1. The second-order valence-corrected chi connectivity index (χ2v) is 5.73. The molecule has 3 rings (SSSR count). The first-order valence-electron chi connectivity index (χ1n) is 8.08. The van der Waals surface area contributed by atoms with Crippen molar-refractivity contribution < 1.29 is 4.79 Å². The Balaban J connectivity index is 1.81. The molecule has 25 heavy (non-hydrogen) atoms. The van der Waals surface area contributed by atoms with Gasteiger partial charge in [0.25, 0.3) is 0 Å². The molecule has 1 amide bonds. The van der Waals surface area contributed by atoms with Gasteiger partial charge in [0.15, 0.2) is 0 Å². The molecule has 0 saturated carbocycles. The second kappa shape index (κ2) is 7.50. The average Bonchev–Trinajstić information content (AvgIpc) is 2.95. The van der Waals surface area contributed by atoms with Gasteiger partial charge in [-0.05, 0) is 24.1 Å². The maximum Gasteiger partial charge on any atom is 0.247 e. The van der Waals surface area contributed by atoms with Crippen molar-refractivity contribution in [1.82, 2.24) is 9.55 Å². The molecule has 4 nitrogen and oxygen atoms in total. The quantitative estimate of drug-likeness (QED) is 0.586. The molecule has 1 aromatic carbocycles. The number of benzene rings is 1. The van der Waals surface area contributed by atoms with Crippen LogP contribution >= 0.6 is 0 Å². The number of aryl methyl sites for hydroxylation is 2. The first kappa shape index (κ1) is 16.5. The Labute approximate surface area is 147 Å². The maximum atomic E-state index is 11.5. The largest absolute Gasteiger partial charge is 0.334 e. The molecule has 1 N–H and O–H groups in total. The second-order valence-electron chi connectivity index (χ2n) is 5.73. The van der Waals surface area contributed by atoms with E-state index >= 15 is 0 Å². The topological polar surface area (TPSA) is 46.9 Å². The Bertz CT molecular complexity index is 975. The van der Waals surface area contributed by atoms with Crippen molar-refractivity contribution in [3.05, 3.63) is 72.6 Å². The van der Waals surface area contributed by atoms with E-state index in [2.05, 4.69) is 40.9 Å². The van der Waals surface area contributed by atoms with Crippen LogP contribution in [-0.2, 0) is 18.3 Å². The van der Waals surface area contributed by atoms with Crippen molar-refractivity contribution >= 4 is 22.6 Å². The van der Waals surface area contributed by atoms with Crippen molar-refractivity contribution in [2.45, 2.75) is 12.8 Å². The van der Waals surface area contributed by atoms with Crippen LogP contribution in [0.1, 0.15) is 17.5 Å². The van der Waals surface area contributed by atoms with Gasteiger partial charge in [-0.2, -0.15) is 0 Å². The summed E-state index contributed by atoms with van der Waals surface area (Å²) in [5, 5.41) is 3.66. The molecule has 0 radical (unpaired) electrons. The number of pyridine rings is 1. The summed E-state index contributed by atoms with van der Waals surface area (Å²) in [5.41, 5.74) is 3.67. The van der Waals surface area contributed by atoms with Crippen LogP contribution in [-0.4, -0.2) is 15.5 Å². The van der Waals surface area contributed by atoms with Crippen molar-refractivity contribution in [3.8, 4) is 11.8 Å². The number of nitrogens with zero attached hydrogens (tertiary/aromatic N) is 2. The third-order valence-electron chi connectivity index (χ3n) is 3.87. The zero-order valence-corrected chi connectivity index (χ0v) is 14.1. The number of hydrogen-bond donors (Lipinski definition) is 1. The highest BCUT2D eigenvalue weighted by Gasteiger charge is 2.08. The van der Waals surface area contributed by atoms with Gasteiger partial charge in [-0.15, -0.1) is 0 Å². The summed E-state index contributed by atoms with van der Waals surface area (Å²) in [6.07, 6.45) is 6.56. The van der Waals surface area contributed by atoms with Crippen LogP contribution in [0.3, 0.4) is 0 Å². The van der Waals surface area contributed by atoms with Crippen LogP contribution in [0.25, 0.3) is 11.0 Å². The first-order chi connectivity index (χ1) is 12.2. The molecule has 0 saturated heterocycles. The molecular formula is C21H19N3O. The number of aromatic nitrogens is 2. The van der Waals surface area contributed by atoms with Crippen molar-refractivity contribution in [2.75, 3.05) is 5.32 Å². The third-order valence-corrected chi connectivity index (χ3v) is 3.87. The Morgan fingerprint density at radius 2 is 2.16 bits per heavy atom. The molecule has 0 aliphatic rings. The molecule has 2 heterocycles. The molecule has 2 aromatic heterocycles. The Morgan fingerprint density at radius 1 is 1.36 bits per heavy atom. The molecule has 0 aliphatic carbocycles. The zero-order chi connectivity index (χ0) is 17.6. The van der Waals surface area contributed by atoms with Crippen LogP contribution in [0.2, 0.25) is 0 Å². The monoisotopic (exact) mass is 329 g/mol. The highest BCUT2D eigenvalue weighted by Crippen LogP contribution is 2.21. The number of carbonyl (C=O) groups excluding carboxylic acids is 1. The molecule has 124 valence electrons. The van der Waals surface area contributed by atoms with E-state index in [0.717, 1.165) is 29.4 Å². The minimum atomic E-state index is -0.257. The van der Waals surface area contributed by atoms with Crippen molar-refractivity contribution in [2.24, 2.45) is 7.05 Å². The van der Waals surface area contributed by atoms with Gasteiger partial charge in [-0.25, -0.2) is 4.98 Å². The number of carbonyl (C=O) groups is 1. The van der Waals surface area contributed by atoms with Gasteiger partial charge >= 0.3 is 0 Å². The summed E-state index contributed by atoms with van der Waals surface area (Å²) in [6.45, 7) is 3.46. The molecule has 0 unspecified atom stereocenters. The molecule has 3 aromatic rings. The highest BCUT2D eigenvalue weighted by atomic mass is 16.1. The molecule has 0 spiro atoms. The average molecular weight is 329 g/mol. The summed E-state index contributed by atoms with van der Waals surface area (Å²) >= 11 is 0. The van der Waals surface area contributed by atoms with E-state index in [0.29, 0.717) is 5.69 Å². The lowest BCUT2D eigenvalue weighted by atomic mass is 10.1. The van der Waals surface area contributed by atoms with Crippen molar-refractivity contribution in [1.29, 1.82) is 0 Å². The fourth-order valence-electron chi connectivity index (χ4n) is 2.63. The number of anilines is 1. The number of rotatable bonds is 4. The van der Waals surface area contributed by atoms with E-state index in [4.69, 9.17) is 0 Å². The van der Waals surface area contributed by atoms with Crippen LogP contribution in [0.15, 0.2) is 61.4 Å². The van der Waals surface area contributed by atoms with Crippen molar-refractivity contribution in [3.63, 3.8) is 0 Å². The lowest BCUT2D eigenvalue weighted by Crippen LogP contribution is -2.07. The summed E-state index contributed by atoms with van der Waals surface area (Å²) in [6, 6.07) is 12.2. The molecule has 0 atom stereocenters. The predicted octanol–water partition coefficient (Wildman–Crippen LogP) is 3.68. The summed E-state index contributed by atoms with van der Waals surface area (Å²) < 4.78 is 1.94. The van der Waals surface area contributed by atoms with Gasteiger partial charge in [0.05, 0.1) is 17.4 Å². The smallest absolute Gasteiger partial charge is 0.247 e. The van der Waals surface area contributed by atoms with E-state index in [9.17, 15) is 4.79 Å². The minimum Gasteiger partial charge on any atom is -0.334 e. The van der Waals surface area contributed by atoms with Gasteiger partial charge in [0.2, 0.25) is 5.91 Å². The standard InChI is InChI=1S/C21H19N3O/c1-3-20(25)23-18-13-19-17(15-24(2)21(19)22-14-18)12-8-7-11-16-9-5-4-6-10-16/h3-6,9-10,13-15H,1,7,11H2,2H3,(H,23,25). The lowest BCUT2D eigenvalue weighted by molar-refractivity contribution is -0.111. The first-order valence-corrected chi connectivity index (χ1v) is 8.08. The molecule has 0 bridgehead atoms. The molecule has 0 fully saturated rings. The third kappa shape index (κ3) is 3.96. The maximum absolute atomic E-state index is 11.5. The van der Waals surface area contributed by atoms with E-state index in [-0.39, 0.29) is 5.91 Å². The van der Waals surface area contributed by atoms with E-state index in [1.807, 2.05) is 42.1 Å². The molecule has 4 heteroatoms. The zero-order valence-electron chi connectivity index (χ0n) is 14.1. The van der Waals surface area contributed by atoms with Crippen LogP contribution in [0.4, 0.5) is 5.69 Å². The van der Waals surface area contributed by atoms with Gasteiger partial charge in [0, 0.05) is 25.1 Å². The van der Waals surface area contributed by atoms with E-state index in [1.54, 1.807) is 6.20 Å². The number of hydrogen-bond acceptors (Lipinski definition) is 2. The van der Waals surface area contributed by atoms with Gasteiger partial charge < -0.3 is 9.88 Å². The summed E-state index contributed by atoms with van der Waals surface area (Å²) in [4.78, 5) is 15.9. The highest BCUT2D eigenvalue weighted by molar-refractivity contribution is 6.00. The van der Waals surface area contributed by atoms with Crippen LogP contribution < -0.4 is 5.32 Å². The summed E-state index contributed by atoms with van der Waals surface area (Å²) in [5.74, 6) is 6.21. The summed E-state index contributed by atoms with van der Waals surface area (Å²) in [7, 11) is 1.94. The fourth-order valence-corrected chi connectivity index (χ4v) is 2.63. The van der Waals surface area contributed by atoms with Gasteiger partial charge in [0.1, 0.15) is 5.65 Å². The lowest BCUT2D eigenvalue weighted by Gasteiger charge is -2.02. The predicted molar refractivity (Wildman–Crippen MR) is 101 cm³/mol. The minimum absolute atomic E-state index is 0.257. The van der Waals surface area contributed by atoms with E-state index < -0.39 is 0 Å². The van der Waals surface area contributed by atoms with Gasteiger partial charge in [-0.1, -0.05) is 48.8 Å².